The van der Waals surface area contributed by atoms with Crippen molar-refractivity contribution in [2.75, 3.05) is 20.6 Å². The third kappa shape index (κ3) is 2.64. The molecule has 4 nitrogen and oxygen atoms in total. The number of nitrogens with two attached hydrogens (primary N) is 1. The fraction of sp³-hybridized carbons (Fsp3) is 0.625. The van der Waals surface area contributed by atoms with Crippen LogP contribution in [-0.4, -0.2) is 35.5 Å². The summed E-state index contributed by atoms with van der Waals surface area (Å²) in [6.45, 7) is 1.55. The zero-order valence-corrected chi connectivity index (χ0v) is 7.67. The van der Waals surface area contributed by atoms with Crippen molar-refractivity contribution in [1.29, 1.82) is 0 Å². The average molecular weight is 168 g/mol. The Hall–Kier alpha value is -0.870. The number of H-pyrrole nitrogens is 1. The highest BCUT2D eigenvalue weighted by atomic mass is 15.1. The van der Waals surface area contributed by atoms with Crippen molar-refractivity contribution >= 4 is 0 Å². The molecule has 0 aliphatic carbocycles. The van der Waals surface area contributed by atoms with Gasteiger partial charge in [-0.25, -0.2) is 4.98 Å². The predicted molar refractivity (Wildman–Crippen MR) is 48.7 cm³/mol. The lowest BCUT2D eigenvalue weighted by molar-refractivity contribution is 0.410. The third-order valence-corrected chi connectivity index (χ3v) is 1.70. The quantitative estimate of drug-likeness (QED) is 0.664. The van der Waals surface area contributed by atoms with Crippen LogP contribution in [0.25, 0.3) is 0 Å². The van der Waals surface area contributed by atoms with Crippen molar-refractivity contribution in [3.05, 3.63) is 17.7 Å². The Morgan fingerprint density at radius 3 is 2.83 bits per heavy atom. The maximum Gasteiger partial charge on any atom is 0.107 e. The largest absolute Gasteiger partial charge is 0.345 e. The number of hydrogen-bond donors (Lipinski definition) is 2. The molecule has 0 unspecified atom stereocenters. The highest BCUT2D eigenvalue weighted by Crippen LogP contribution is 1.96. The third-order valence-electron chi connectivity index (χ3n) is 1.70. The van der Waals surface area contributed by atoms with E-state index in [2.05, 4.69) is 14.9 Å². The lowest BCUT2D eigenvalue weighted by atomic mass is 10.4. The Balaban J connectivity index is 2.41. The summed E-state index contributed by atoms with van der Waals surface area (Å²) >= 11 is 0. The van der Waals surface area contributed by atoms with Crippen LogP contribution < -0.4 is 5.73 Å². The number of imidazole rings is 1. The molecule has 68 valence electrons. The van der Waals surface area contributed by atoms with E-state index >= 15 is 0 Å². The van der Waals surface area contributed by atoms with Gasteiger partial charge >= 0.3 is 0 Å². The van der Waals surface area contributed by atoms with Crippen LogP contribution in [0.4, 0.5) is 0 Å². The lowest BCUT2D eigenvalue weighted by Gasteiger charge is -2.06. The van der Waals surface area contributed by atoms with Crippen LogP contribution in [0.15, 0.2) is 6.20 Å². The molecule has 0 aromatic carbocycles. The fourth-order valence-electron chi connectivity index (χ4n) is 0.966. The molecule has 0 aliphatic rings. The summed E-state index contributed by atoms with van der Waals surface area (Å²) in [5.41, 5.74) is 6.44. The van der Waals surface area contributed by atoms with E-state index in [1.54, 1.807) is 6.20 Å². The summed E-state index contributed by atoms with van der Waals surface area (Å²) in [4.78, 5) is 9.48. The van der Waals surface area contributed by atoms with E-state index in [0.29, 0.717) is 6.54 Å². The summed E-state index contributed by atoms with van der Waals surface area (Å²) in [5, 5.41) is 0. The van der Waals surface area contributed by atoms with Gasteiger partial charge in [-0.3, -0.25) is 0 Å². The average Bonchev–Trinajstić information content (AvgIpc) is 2.48. The van der Waals surface area contributed by atoms with E-state index in [1.165, 1.54) is 0 Å². The van der Waals surface area contributed by atoms with E-state index in [1.807, 2.05) is 14.1 Å². The van der Waals surface area contributed by atoms with Gasteiger partial charge in [-0.05, 0) is 14.1 Å². The molecule has 0 saturated carbocycles. The van der Waals surface area contributed by atoms with Crippen molar-refractivity contribution in [1.82, 2.24) is 14.9 Å². The van der Waals surface area contributed by atoms with Crippen molar-refractivity contribution in [2.45, 2.75) is 13.0 Å². The number of likely N-dealkylation sites (N-methyl/N-ethyl adjacent to an activating group) is 1. The van der Waals surface area contributed by atoms with Gasteiger partial charge in [0.1, 0.15) is 5.82 Å². The number of nitrogens with one attached hydrogen (secondary N) is 1. The standard InChI is InChI=1S/C8H16N4/c1-12(2)4-3-8-10-6-7(5-9)11-8/h6H,3-5,9H2,1-2H3,(H,10,11). The minimum Gasteiger partial charge on any atom is -0.345 e. The first-order valence-corrected chi connectivity index (χ1v) is 4.10. The number of nitrogens with zero attached hydrogens (tertiary/aromatic N) is 2. The van der Waals surface area contributed by atoms with Gasteiger partial charge in [-0.1, -0.05) is 0 Å². The molecule has 12 heavy (non-hydrogen) atoms. The van der Waals surface area contributed by atoms with Crippen LogP contribution in [0.3, 0.4) is 0 Å². The number of aromatic amines is 1. The van der Waals surface area contributed by atoms with Gasteiger partial charge in [0.05, 0.1) is 0 Å². The molecule has 0 atom stereocenters. The molecule has 0 fully saturated rings. The van der Waals surface area contributed by atoms with E-state index in [-0.39, 0.29) is 0 Å². The summed E-state index contributed by atoms with van der Waals surface area (Å²) < 4.78 is 0. The first-order valence-electron chi connectivity index (χ1n) is 4.10. The smallest absolute Gasteiger partial charge is 0.107 e. The van der Waals surface area contributed by atoms with Gasteiger partial charge in [0.2, 0.25) is 0 Å². The highest BCUT2D eigenvalue weighted by molar-refractivity contribution is 5.00. The minimum absolute atomic E-state index is 0.537. The van der Waals surface area contributed by atoms with Crippen molar-refractivity contribution in [3.8, 4) is 0 Å². The first kappa shape index (κ1) is 9.22. The molecule has 0 radical (unpaired) electrons. The summed E-state index contributed by atoms with van der Waals surface area (Å²) in [5.74, 6) is 1.02. The maximum atomic E-state index is 5.44. The second kappa shape index (κ2) is 4.23. The molecular formula is C8H16N4. The molecule has 0 saturated heterocycles. The second-order valence-corrected chi connectivity index (χ2v) is 3.11. The van der Waals surface area contributed by atoms with Crippen molar-refractivity contribution in [2.24, 2.45) is 5.73 Å². The van der Waals surface area contributed by atoms with Gasteiger partial charge in [0.25, 0.3) is 0 Å². The van der Waals surface area contributed by atoms with Gasteiger partial charge in [-0.15, -0.1) is 0 Å². The van der Waals surface area contributed by atoms with Crippen LogP contribution in [0.5, 0.6) is 0 Å². The van der Waals surface area contributed by atoms with E-state index in [0.717, 1.165) is 24.5 Å². The van der Waals surface area contributed by atoms with Crippen LogP contribution >= 0.6 is 0 Å². The van der Waals surface area contributed by atoms with E-state index in [4.69, 9.17) is 5.73 Å². The minimum atomic E-state index is 0.537. The predicted octanol–water partition coefficient (Wildman–Crippen LogP) is -0.0275. The Bertz CT molecular complexity index is 229. The zero-order valence-electron chi connectivity index (χ0n) is 7.67. The molecule has 1 aromatic heterocycles. The number of hydrogen-bond acceptors (Lipinski definition) is 3. The first-order chi connectivity index (χ1) is 5.72. The molecule has 4 heteroatoms. The van der Waals surface area contributed by atoms with Crippen LogP contribution in [-0.2, 0) is 13.0 Å². The lowest BCUT2D eigenvalue weighted by Crippen LogP contribution is -2.15. The fourth-order valence-corrected chi connectivity index (χ4v) is 0.966. The van der Waals surface area contributed by atoms with Gasteiger partial charge < -0.3 is 15.6 Å². The second-order valence-electron chi connectivity index (χ2n) is 3.11. The topological polar surface area (TPSA) is 57.9 Å². The van der Waals surface area contributed by atoms with Crippen LogP contribution in [0.2, 0.25) is 0 Å². The summed E-state index contributed by atoms with van der Waals surface area (Å²) in [6.07, 6.45) is 2.75. The molecular weight excluding hydrogens is 152 g/mol. The normalized spacial score (nSPS) is 11.0. The monoisotopic (exact) mass is 168 g/mol. The SMILES string of the molecule is CN(C)CCc1ncc(CN)[nH]1. The Kier molecular flexibility index (Phi) is 3.25. The van der Waals surface area contributed by atoms with Crippen molar-refractivity contribution < 1.29 is 0 Å². The molecule has 1 heterocycles. The molecule has 1 rings (SSSR count). The summed E-state index contributed by atoms with van der Waals surface area (Å²) in [6, 6.07) is 0. The van der Waals surface area contributed by atoms with Crippen molar-refractivity contribution in [3.63, 3.8) is 0 Å². The molecule has 0 aliphatic heterocycles. The molecule has 1 aromatic rings. The summed E-state index contributed by atoms with van der Waals surface area (Å²) in [7, 11) is 4.10. The zero-order chi connectivity index (χ0) is 8.97. The van der Waals surface area contributed by atoms with Gasteiger partial charge in [0.15, 0.2) is 0 Å². The van der Waals surface area contributed by atoms with Gasteiger partial charge in [0, 0.05) is 31.4 Å². The Labute approximate surface area is 72.8 Å². The van der Waals surface area contributed by atoms with E-state index in [9.17, 15) is 0 Å². The van der Waals surface area contributed by atoms with Crippen LogP contribution in [0.1, 0.15) is 11.5 Å². The Morgan fingerprint density at radius 2 is 2.33 bits per heavy atom. The maximum absolute atomic E-state index is 5.44. The number of rotatable bonds is 4. The number of aromatic nitrogens is 2. The molecule has 0 bridgehead atoms. The van der Waals surface area contributed by atoms with E-state index < -0.39 is 0 Å². The molecule has 0 amide bonds. The highest BCUT2D eigenvalue weighted by Gasteiger charge is 1.98. The molecule has 0 spiro atoms. The van der Waals surface area contributed by atoms with Gasteiger partial charge in [-0.2, -0.15) is 0 Å². The Morgan fingerprint density at radius 1 is 1.58 bits per heavy atom. The van der Waals surface area contributed by atoms with Crippen LogP contribution in [0, 0.1) is 0 Å². The molecule has 3 N–H and O–H groups in total.